The number of hydrogen-bond donors (Lipinski definition) is 2. The van der Waals surface area contributed by atoms with Gasteiger partial charge in [0.05, 0.1) is 23.9 Å². The van der Waals surface area contributed by atoms with E-state index in [2.05, 4.69) is 10.6 Å². The van der Waals surface area contributed by atoms with Gasteiger partial charge in [-0.3, -0.25) is 9.59 Å². The molecule has 3 aromatic rings. The van der Waals surface area contributed by atoms with Gasteiger partial charge in [-0.05, 0) is 29.7 Å². The van der Waals surface area contributed by atoms with E-state index >= 15 is 0 Å². The zero-order valence-corrected chi connectivity index (χ0v) is 17.9. The first-order valence-electron chi connectivity index (χ1n) is 10.6. The number of benzene rings is 3. The monoisotopic (exact) mass is 430 g/mol. The predicted molar refractivity (Wildman–Crippen MR) is 123 cm³/mol. The van der Waals surface area contributed by atoms with Crippen LogP contribution in [0, 0.1) is 0 Å². The largest absolute Gasteiger partial charge is 0.462 e. The van der Waals surface area contributed by atoms with Crippen molar-refractivity contribution >= 4 is 23.5 Å². The van der Waals surface area contributed by atoms with Crippen molar-refractivity contribution in [1.82, 2.24) is 5.32 Å². The molecule has 0 radical (unpaired) electrons. The summed E-state index contributed by atoms with van der Waals surface area (Å²) in [6.07, 6.45) is 1.65. The Morgan fingerprint density at radius 2 is 1.34 bits per heavy atom. The van der Waals surface area contributed by atoms with Crippen LogP contribution < -0.4 is 10.6 Å². The Morgan fingerprint density at radius 1 is 0.781 bits per heavy atom. The van der Waals surface area contributed by atoms with Crippen LogP contribution in [0.15, 0.2) is 84.9 Å². The molecule has 0 aliphatic heterocycles. The maximum Gasteiger partial charge on any atom is 0.340 e. The highest BCUT2D eigenvalue weighted by Gasteiger charge is 2.23. The second-order valence-corrected chi connectivity index (χ2v) is 7.22. The summed E-state index contributed by atoms with van der Waals surface area (Å²) in [5, 5.41) is 5.33. The number of nitrogens with one attached hydrogen (secondary N) is 2. The molecular formula is C26H26N2O4. The number of carbonyl (C=O) groups excluding carboxylic acids is 3. The summed E-state index contributed by atoms with van der Waals surface area (Å²) in [5.41, 5.74) is 2.12. The van der Waals surface area contributed by atoms with Crippen molar-refractivity contribution in [2.24, 2.45) is 0 Å². The molecule has 0 aromatic heterocycles. The number of para-hydroxylation sites is 1. The molecule has 0 spiro atoms. The quantitative estimate of drug-likeness (QED) is 0.313. The minimum Gasteiger partial charge on any atom is -0.462 e. The number of rotatable bonds is 8. The third kappa shape index (κ3) is 6.04. The van der Waals surface area contributed by atoms with Crippen molar-refractivity contribution < 1.29 is 19.1 Å². The van der Waals surface area contributed by atoms with Gasteiger partial charge in [0.1, 0.15) is 0 Å². The molecule has 164 valence electrons. The molecule has 0 unspecified atom stereocenters. The molecule has 32 heavy (non-hydrogen) atoms. The molecule has 0 atom stereocenters. The minimum absolute atomic E-state index is 0.201. The van der Waals surface area contributed by atoms with Crippen molar-refractivity contribution in [2.75, 3.05) is 11.9 Å². The lowest BCUT2D eigenvalue weighted by Crippen LogP contribution is -2.38. The summed E-state index contributed by atoms with van der Waals surface area (Å²) in [6, 6.07) is 24.8. The van der Waals surface area contributed by atoms with Crippen molar-refractivity contribution in [3.63, 3.8) is 0 Å². The first-order valence-corrected chi connectivity index (χ1v) is 10.6. The summed E-state index contributed by atoms with van der Waals surface area (Å²) in [4.78, 5) is 37.8. The van der Waals surface area contributed by atoms with Crippen molar-refractivity contribution in [3.8, 4) is 0 Å². The van der Waals surface area contributed by atoms with E-state index in [-0.39, 0.29) is 11.3 Å². The van der Waals surface area contributed by atoms with E-state index in [0.29, 0.717) is 6.61 Å². The molecule has 6 nitrogen and oxygen atoms in total. The Kier molecular flexibility index (Phi) is 8.15. The van der Waals surface area contributed by atoms with Crippen LogP contribution in [0.1, 0.15) is 47.3 Å². The number of carbonyl (C=O) groups is 3. The molecule has 0 aliphatic rings. The van der Waals surface area contributed by atoms with Crippen LogP contribution in [-0.2, 0) is 14.3 Å². The van der Waals surface area contributed by atoms with Crippen LogP contribution in [0.25, 0.3) is 0 Å². The van der Waals surface area contributed by atoms with E-state index in [9.17, 15) is 14.4 Å². The first kappa shape index (κ1) is 22.7. The summed E-state index contributed by atoms with van der Waals surface area (Å²) >= 11 is 0. The van der Waals surface area contributed by atoms with Crippen LogP contribution in [0.5, 0.6) is 0 Å². The van der Waals surface area contributed by atoms with E-state index in [1.807, 2.05) is 67.6 Å². The third-order valence-electron chi connectivity index (χ3n) is 4.87. The van der Waals surface area contributed by atoms with Crippen molar-refractivity contribution in [2.45, 2.75) is 25.8 Å². The van der Waals surface area contributed by atoms with Gasteiger partial charge in [-0.1, -0.05) is 86.1 Å². The number of esters is 1. The van der Waals surface area contributed by atoms with Gasteiger partial charge in [0.25, 0.3) is 0 Å². The highest BCUT2D eigenvalue weighted by Crippen LogP contribution is 2.22. The third-order valence-corrected chi connectivity index (χ3v) is 4.87. The van der Waals surface area contributed by atoms with Crippen LogP contribution >= 0.6 is 0 Å². The zero-order chi connectivity index (χ0) is 22.8. The molecule has 3 aromatic carbocycles. The number of hydrogen-bond acceptors (Lipinski definition) is 4. The van der Waals surface area contributed by atoms with E-state index in [0.717, 1.165) is 24.0 Å². The van der Waals surface area contributed by atoms with E-state index < -0.39 is 23.8 Å². The van der Waals surface area contributed by atoms with E-state index in [1.54, 1.807) is 24.3 Å². The number of amides is 2. The molecule has 0 saturated carbocycles. The fraction of sp³-hybridized carbons (Fsp3) is 0.192. The number of anilines is 1. The smallest absolute Gasteiger partial charge is 0.340 e. The van der Waals surface area contributed by atoms with Gasteiger partial charge in [-0.25, -0.2) is 4.79 Å². The summed E-state index contributed by atoms with van der Waals surface area (Å²) < 4.78 is 5.24. The van der Waals surface area contributed by atoms with Gasteiger partial charge < -0.3 is 15.4 Å². The normalized spacial score (nSPS) is 10.4. The zero-order valence-electron chi connectivity index (χ0n) is 17.9. The average Bonchev–Trinajstić information content (AvgIpc) is 2.84. The SMILES string of the molecule is CCCCOC(=O)c1ccccc1NC(=O)C(=O)NC(c1ccccc1)c1ccccc1. The van der Waals surface area contributed by atoms with Gasteiger partial charge >= 0.3 is 17.8 Å². The average molecular weight is 431 g/mol. The highest BCUT2D eigenvalue weighted by atomic mass is 16.5. The molecule has 2 amide bonds. The fourth-order valence-electron chi connectivity index (χ4n) is 3.18. The molecule has 0 heterocycles. The van der Waals surface area contributed by atoms with Crippen molar-refractivity contribution in [3.05, 3.63) is 102 Å². The Hall–Kier alpha value is -3.93. The van der Waals surface area contributed by atoms with Crippen LogP contribution in [0.3, 0.4) is 0 Å². The maximum absolute atomic E-state index is 12.8. The summed E-state index contributed by atoms with van der Waals surface area (Å²) in [7, 11) is 0. The van der Waals surface area contributed by atoms with Gasteiger partial charge in [0.15, 0.2) is 0 Å². The molecule has 0 saturated heterocycles. The maximum atomic E-state index is 12.8. The highest BCUT2D eigenvalue weighted by molar-refractivity contribution is 6.40. The first-order chi connectivity index (χ1) is 15.6. The van der Waals surface area contributed by atoms with Crippen LogP contribution in [0.2, 0.25) is 0 Å². The molecule has 2 N–H and O–H groups in total. The van der Waals surface area contributed by atoms with Gasteiger partial charge in [0.2, 0.25) is 0 Å². The van der Waals surface area contributed by atoms with Gasteiger partial charge in [0, 0.05) is 0 Å². The topological polar surface area (TPSA) is 84.5 Å². The standard InChI is InChI=1S/C26H26N2O4/c1-2-3-18-32-26(31)21-16-10-11-17-22(21)27-24(29)25(30)28-23(19-12-6-4-7-13-19)20-14-8-5-9-15-20/h4-17,23H,2-3,18H2,1H3,(H,27,29)(H,28,30). The van der Waals surface area contributed by atoms with Crippen molar-refractivity contribution in [1.29, 1.82) is 0 Å². The van der Waals surface area contributed by atoms with Gasteiger partial charge in [-0.15, -0.1) is 0 Å². The second-order valence-electron chi connectivity index (χ2n) is 7.22. The Balaban J connectivity index is 1.74. The predicted octanol–water partition coefficient (Wildman–Crippen LogP) is 4.49. The summed E-state index contributed by atoms with van der Waals surface area (Å²) in [5.74, 6) is -2.21. The molecule has 6 heteroatoms. The minimum atomic E-state index is -0.865. The lowest BCUT2D eigenvalue weighted by Gasteiger charge is -2.20. The number of unbranched alkanes of at least 4 members (excludes halogenated alkanes) is 1. The molecule has 0 bridgehead atoms. The second kappa shape index (κ2) is 11.5. The molecule has 0 aliphatic carbocycles. The lowest BCUT2D eigenvalue weighted by molar-refractivity contribution is -0.136. The molecule has 3 rings (SSSR count). The van der Waals surface area contributed by atoms with E-state index in [1.165, 1.54) is 0 Å². The fourth-order valence-corrected chi connectivity index (χ4v) is 3.18. The molecular weight excluding hydrogens is 404 g/mol. The summed E-state index contributed by atoms with van der Waals surface area (Å²) in [6.45, 7) is 2.30. The Morgan fingerprint density at radius 3 is 1.94 bits per heavy atom. The number of ether oxygens (including phenoxy) is 1. The van der Waals surface area contributed by atoms with Gasteiger partial charge in [-0.2, -0.15) is 0 Å². The lowest BCUT2D eigenvalue weighted by atomic mass is 9.98. The van der Waals surface area contributed by atoms with E-state index in [4.69, 9.17) is 4.74 Å². The van der Waals surface area contributed by atoms with Crippen LogP contribution in [0.4, 0.5) is 5.69 Å². The Bertz CT molecular complexity index is 1010. The molecule has 0 fully saturated rings. The van der Waals surface area contributed by atoms with Crippen LogP contribution in [-0.4, -0.2) is 24.4 Å². The Labute approximate surface area is 187 Å².